The molecule has 6 heteroatoms. The second kappa shape index (κ2) is 4.66. The summed E-state index contributed by atoms with van der Waals surface area (Å²) in [5, 5.41) is 0. The predicted octanol–water partition coefficient (Wildman–Crippen LogP) is 2.37. The zero-order valence-corrected chi connectivity index (χ0v) is 11.3. The van der Waals surface area contributed by atoms with Crippen molar-refractivity contribution in [2.45, 2.75) is 6.42 Å². The summed E-state index contributed by atoms with van der Waals surface area (Å²) in [7, 11) is 0. The monoisotopic (exact) mass is 282 g/mol. The van der Waals surface area contributed by atoms with E-state index in [1.165, 1.54) is 0 Å². The number of pyridine rings is 1. The van der Waals surface area contributed by atoms with E-state index in [1.54, 1.807) is 12.3 Å². The van der Waals surface area contributed by atoms with Gasteiger partial charge in [0.2, 0.25) is 0 Å². The Morgan fingerprint density at radius 2 is 1.90 bits per heavy atom. The number of H-pyrrole nitrogens is 1. The Morgan fingerprint density at radius 1 is 1.10 bits per heavy atom. The number of anilines is 1. The maximum Gasteiger partial charge on any atom is 0.163 e. The minimum atomic E-state index is 0.628. The van der Waals surface area contributed by atoms with E-state index in [1.807, 2.05) is 18.2 Å². The summed E-state index contributed by atoms with van der Waals surface area (Å²) in [6.45, 7) is 1.33. The van der Waals surface area contributed by atoms with Gasteiger partial charge in [0.1, 0.15) is 5.69 Å². The first-order valence-corrected chi connectivity index (χ1v) is 6.81. The van der Waals surface area contributed by atoms with Gasteiger partial charge in [-0.15, -0.1) is 0 Å². The number of benzene rings is 1. The van der Waals surface area contributed by atoms with E-state index in [9.17, 15) is 0 Å². The van der Waals surface area contributed by atoms with Gasteiger partial charge >= 0.3 is 0 Å². The number of rotatable bonds is 1. The number of fused-ring (bicyclic) bond motifs is 2. The van der Waals surface area contributed by atoms with Gasteiger partial charge in [-0.25, -0.2) is 4.98 Å². The topological polar surface area (TPSA) is 86.0 Å². The van der Waals surface area contributed by atoms with Gasteiger partial charge in [-0.05, 0) is 12.1 Å². The van der Waals surface area contributed by atoms with Crippen LogP contribution in [0.5, 0.6) is 11.5 Å². The van der Waals surface area contributed by atoms with Gasteiger partial charge in [0.15, 0.2) is 17.3 Å². The van der Waals surface area contributed by atoms with E-state index in [0.29, 0.717) is 24.7 Å². The minimum Gasteiger partial charge on any atom is -0.489 e. The number of aromatic nitrogens is 3. The standard InChI is InChI=1S/C15H14N4O2/c16-9-2-3-10(17-8-9)15-18-11-6-13-14(7-12(11)19-15)21-5-1-4-20-13/h2-3,6-8H,1,4-5,16H2,(H,18,19). The lowest BCUT2D eigenvalue weighted by Crippen LogP contribution is -1.97. The van der Waals surface area contributed by atoms with Crippen LogP contribution in [0.1, 0.15) is 6.42 Å². The largest absolute Gasteiger partial charge is 0.489 e. The highest BCUT2D eigenvalue weighted by atomic mass is 16.5. The molecule has 3 heterocycles. The van der Waals surface area contributed by atoms with Crippen LogP contribution in [-0.2, 0) is 0 Å². The van der Waals surface area contributed by atoms with Crippen LogP contribution in [-0.4, -0.2) is 28.2 Å². The normalized spacial score (nSPS) is 14.1. The molecule has 0 spiro atoms. The van der Waals surface area contributed by atoms with Crippen LogP contribution < -0.4 is 15.2 Å². The molecule has 0 amide bonds. The lowest BCUT2D eigenvalue weighted by atomic mass is 10.3. The lowest BCUT2D eigenvalue weighted by molar-refractivity contribution is 0.297. The van der Waals surface area contributed by atoms with Gasteiger partial charge in [-0.3, -0.25) is 4.98 Å². The van der Waals surface area contributed by atoms with Crippen molar-refractivity contribution in [1.82, 2.24) is 15.0 Å². The third-order valence-corrected chi connectivity index (χ3v) is 3.38. The van der Waals surface area contributed by atoms with Crippen molar-refractivity contribution in [1.29, 1.82) is 0 Å². The average molecular weight is 282 g/mol. The summed E-state index contributed by atoms with van der Waals surface area (Å²) in [4.78, 5) is 12.1. The second-order valence-corrected chi connectivity index (χ2v) is 4.93. The number of nitrogen functional groups attached to an aromatic ring is 1. The third kappa shape index (κ3) is 2.14. The van der Waals surface area contributed by atoms with E-state index in [2.05, 4.69) is 15.0 Å². The van der Waals surface area contributed by atoms with Gasteiger partial charge in [0.25, 0.3) is 0 Å². The quantitative estimate of drug-likeness (QED) is 0.715. The molecular weight excluding hydrogens is 268 g/mol. The molecular formula is C15H14N4O2. The first-order chi connectivity index (χ1) is 10.3. The van der Waals surface area contributed by atoms with E-state index in [4.69, 9.17) is 15.2 Å². The van der Waals surface area contributed by atoms with Crippen LogP contribution in [0.25, 0.3) is 22.6 Å². The Labute approximate surface area is 120 Å². The van der Waals surface area contributed by atoms with Crippen LogP contribution in [0, 0.1) is 0 Å². The summed E-state index contributed by atoms with van der Waals surface area (Å²) >= 11 is 0. The highest BCUT2D eigenvalue weighted by molar-refractivity contribution is 5.82. The van der Waals surface area contributed by atoms with E-state index in [-0.39, 0.29) is 0 Å². The number of imidazole rings is 1. The molecule has 0 atom stereocenters. The van der Waals surface area contributed by atoms with Crippen molar-refractivity contribution in [3.63, 3.8) is 0 Å². The first-order valence-electron chi connectivity index (χ1n) is 6.81. The van der Waals surface area contributed by atoms with Crippen LogP contribution in [0.15, 0.2) is 30.5 Å². The molecule has 0 aliphatic carbocycles. The number of nitrogens with zero attached hydrogens (tertiary/aromatic N) is 2. The van der Waals surface area contributed by atoms with Crippen molar-refractivity contribution in [3.05, 3.63) is 30.5 Å². The summed E-state index contributed by atoms with van der Waals surface area (Å²) in [6.07, 6.45) is 2.50. The van der Waals surface area contributed by atoms with Gasteiger partial charge in [0.05, 0.1) is 36.1 Å². The maximum absolute atomic E-state index is 5.68. The fourth-order valence-corrected chi connectivity index (χ4v) is 2.33. The number of hydrogen-bond donors (Lipinski definition) is 2. The number of ether oxygens (including phenoxy) is 2. The fraction of sp³-hybridized carbons (Fsp3) is 0.200. The molecule has 0 bridgehead atoms. The van der Waals surface area contributed by atoms with E-state index < -0.39 is 0 Å². The van der Waals surface area contributed by atoms with E-state index in [0.717, 1.165) is 34.6 Å². The summed E-state index contributed by atoms with van der Waals surface area (Å²) in [5.74, 6) is 2.19. The zero-order chi connectivity index (χ0) is 14.2. The molecule has 21 heavy (non-hydrogen) atoms. The van der Waals surface area contributed by atoms with Gasteiger partial charge < -0.3 is 20.2 Å². The SMILES string of the molecule is Nc1ccc(-c2nc3cc4c(cc3[nH]2)OCCCO4)nc1. The molecule has 106 valence electrons. The molecule has 0 saturated carbocycles. The molecule has 3 N–H and O–H groups in total. The molecule has 3 aromatic rings. The zero-order valence-electron chi connectivity index (χ0n) is 11.3. The molecule has 0 radical (unpaired) electrons. The third-order valence-electron chi connectivity index (χ3n) is 3.38. The smallest absolute Gasteiger partial charge is 0.163 e. The lowest BCUT2D eigenvalue weighted by Gasteiger charge is -2.05. The Bertz CT molecular complexity index is 752. The molecule has 0 fully saturated rings. The van der Waals surface area contributed by atoms with Crippen molar-refractivity contribution in [3.8, 4) is 23.0 Å². The number of nitrogens with two attached hydrogens (primary N) is 1. The van der Waals surface area contributed by atoms with Crippen molar-refractivity contribution in [2.75, 3.05) is 18.9 Å². The molecule has 2 aromatic heterocycles. The van der Waals surface area contributed by atoms with E-state index >= 15 is 0 Å². The van der Waals surface area contributed by atoms with Crippen LogP contribution in [0.3, 0.4) is 0 Å². The molecule has 0 unspecified atom stereocenters. The molecule has 6 nitrogen and oxygen atoms in total. The minimum absolute atomic E-state index is 0.628. The Balaban J connectivity index is 1.81. The van der Waals surface area contributed by atoms with Crippen LogP contribution in [0.2, 0.25) is 0 Å². The van der Waals surface area contributed by atoms with Gasteiger partial charge in [-0.2, -0.15) is 0 Å². The fourth-order valence-electron chi connectivity index (χ4n) is 2.33. The van der Waals surface area contributed by atoms with Gasteiger partial charge in [-0.1, -0.05) is 0 Å². The Kier molecular flexibility index (Phi) is 2.67. The Morgan fingerprint density at radius 3 is 2.67 bits per heavy atom. The summed E-state index contributed by atoms with van der Waals surface area (Å²) < 4.78 is 11.4. The van der Waals surface area contributed by atoms with Crippen molar-refractivity contribution in [2.24, 2.45) is 0 Å². The predicted molar refractivity (Wildman–Crippen MR) is 79.3 cm³/mol. The molecule has 0 saturated heterocycles. The maximum atomic E-state index is 5.68. The molecule has 1 aromatic carbocycles. The molecule has 1 aliphatic rings. The second-order valence-electron chi connectivity index (χ2n) is 4.93. The number of hydrogen-bond acceptors (Lipinski definition) is 5. The average Bonchev–Trinajstić information content (AvgIpc) is 2.76. The van der Waals surface area contributed by atoms with Crippen molar-refractivity contribution >= 4 is 16.7 Å². The molecule has 1 aliphatic heterocycles. The number of nitrogens with one attached hydrogen (secondary N) is 1. The highest BCUT2D eigenvalue weighted by Crippen LogP contribution is 2.34. The first kappa shape index (κ1) is 12.0. The number of aromatic amines is 1. The molecule has 4 rings (SSSR count). The van der Waals surface area contributed by atoms with Crippen LogP contribution >= 0.6 is 0 Å². The van der Waals surface area contributed by atoms with Crippen molar-refractivity contribution < 1.29 is 9.47 Å². The van der Waals surface area contributed by atoms with Gasteiger partial charge in [0, 0.05) is 18.6 Å². The Hall–Kier alpha value is -2.76. The summed E-state index contributed by atoms with van der Waals surface area (Å²) in [6, 6.07) is 7.46. The van der Waals surface area contributed by atoms with Crippen LogP contribution in [0.4, 0.5) is 5.69 Å². The highest BCUT2D eigenvalue weighted by Gasteiger charge is 2.14. The summed E-state index contributed by atoms with van der Waals surface area (Å²) in [5.41, 5.74) is 8.75.